The summed E-state index contributed by atoms with van der Waals surface area (Å²) in [5.41, 5.74) is 0. The molecule has 0 radical (unpaired) electrons. The van der Waals surface area contributed by atoms with Gasteiger partial charge in [-0.3, -0.25) is 9.69 Å². The summed E-state index contributed by atoms with van der Waals surface area (Å²) in [7, 11) is 1.44. The molecule has 1 unspecified atom stereocenters. The lowest BCUT2D eigenvalue weighted by atomic mass is 10.1. The van der Waals surface area contributed by atoms with Crippen molar-refractivity contribution in [1.29, 1.82) is 0 Å². The summed E-state index contributed by atoms with van der Waals surface area (Å²) < 4.78 is 4.72. The molecular formula is C22H29N3O10. The lowest BCUT2D eigenvalue weighted by Gasteiger charge is -2.38. The van der Waals surface area contributed by atoms with E-state index in [1.165, 1.54) is 7.11 Å². The number of ether oxygens (including phenoxy) is 1. The smallest absolute Gasteiger partial charge is 0.328 e. The summed E-state index contributed by atoms with van der Waals surface area (Å²) in [6, 6.07) is 6.21. The summed E-state index contributed by atoms with van der Waals surface area (Å²) in [4.78, 5) is 58.5. The van der Waals surface area contributed by atoms with E-state index >= 15 is 0 Å². The molecule has 0 aromatic carbocycles. The minimum Gasteiger partial charge on any atom is -0.478 e. The van der Waals surface area contributed by atoms with Gasteiger partial charge in [0.1, 0.15) is 5.82 Å². The number of nitrogens with zero attached hydrogens (tertiary/aromatic N) is 3. The van der Waals surface area contributed by atoms with Crippen LogP contribution in [0, 0.1) is 0 Å². The number of carbonyl (C=O) groups excluding carboxylic acids is 1. The zero-order valence-corrected chi connectivity index (χ0v) is 19.3. The number of rotatable bonds is 8. The zero-order valence-electron chi connectivity index (χ0n) is 19.3. The number of aromatic nitrogens is 1. The van der Waals surface area contributed by atoms with Crippen LogP contribution in [0.4, 0.5) is 5.82 Å². The molecular weight excluding hydrogens is 466 g/mol. The number of pyridine rings is 1. The number of hydrogen-bond acceptors (Lipinski definition) is 9. The number of carbonyl (C=O) groups is 5. The maximum Gasteiger partial charge on any atom is 0.328 e. The van der Waals surface area contributed by atoms with E-state index < -0.39 is 23.9 Å². The number of carboxylic acid groups (broad SMARTS) is 4. The minimum atomic E-state index is -1.26. The van der Waals surface area contributed by atoms with Gasteiger partial charge in [-0.25, -0.2) is 24.2 Å². The van der Waals surface area contributed by atoms with Crippen molar-refractivity contribution in [2.45, 2.75) is 19.4 Å². The van der Waals surface area contributed by atoms with Crippen LogP contribution in [0.25, 0.3) is 0 Å². The summed E-state index contributed by atoms with van der Waals surface area (Å²) >= 11 is 0. The maximum atomic E-state index is 11.3. The van der Waals surface area contributed by atoms with Gasteiger partial charge in [-0.1, -0.05) is 6.07 Å². The van der Waals surface area contributed by atoms with E-state index in [4.69, 9.17) is 25.2 Å². The lowest BCUT2D eigenvalue weighted by molar-refractivity contribution is -0.142. The fraction of sp³-hybridized carbons (Fsp3) is 0.364. The highest BCUT2D eigenvalue weighted by Crippen LogP contribution is 2.15. The van der Waals surface area contributed by atoms with E-state index in [1.54, 1.807) is 0 Å². The Bertz CT molecular complexity index is 828. The Morgan fingerprint density at radius 1 is 0.886 bits per heavy atom. The number of aliphatic carboxylic acids is 4. The average molecular weight is 495 g/mol. The van der Waals surface area contributed by atoms with Gasteiger partial charge < -0.3 is 30.1 Å². The Hall–Kier alpha value is -4.26. The molecule has 0 bridgehead atoms. The Morgan fingerprint density at radius 3 is 1.69 bits per heavy atom. The van der Waals surface area contributed by atoms with Crippen LogP contribution in [0.2, 0.25) is 0 Å². The van der Waals surface area contributed by atoms with Gasteiger partial charge >= 0.3 is 29.8 Å². The maximum absolute atomic E-state index is 11.3. The van der Waals surface area contributed by atoms with Crippen LogP contribution in [0.3, 0.4) is 0 Å². The molecule has 1 aliphatic rings. The van der Waals surface area contributed by atoms with Crippen molar-refractivity contribution in [3.63, 3.8) is 0 Å². The van der Waals surface area contributed by atoms with E-state index in [1.807, 2.05) is 24.4 Å². The van der Waals surface area contributed by atoms with Gasteiger partial charge in [-0.15, -0.1) is 0 Å². The molecule has 0 amide bonds. The van der Waals surface area contributed by atoms with Crippen LogP contribution in [0.1, 0.15) is 13.3 Å². The van der Waals surface area contributed by atoms with E-state index in [0.29, 0.717) is 30.7 Å². The van der Waals surface area contributed by atoms with Gasteiger partial charge in [0, 0.05) is 62.7 Å². The van der Waals surface area contributed by atoms with Crippen LogP contribution in [0.15, 0.2) is 48.7 Å². The third-order valence-electron chi connectivity index (χ3n) is 4.34. The fourth-order valence-corrected chi connectivity index (χ4v) is 2.67. The van der Waals surface area contributed by atoms with E-state index in [2.05, 4.69) is 21.7 Å². The van der Waals surface area contributed by atoms with Gasteiger partial charge in [0.2, 0.25) is 0 Å². The molecule has 4 N–H and O–H groups in total. The Kier molecular flexibility index (Phi) is 15.1. The summed E-state index contributed by atoms with van der Waals surface area (Å²) in [5, 5.41) is 31.2. The highest BCUT2D eigenvalue weighted by Gasteiger charge is 2.23. The Balaban J connectivity index is 0.000000601. The largest absolute Gasteiger partial charge is 0.478 e. The van der Waals surface area contributed by atoms with Gasteiger partial charge in [0.15, 0.2) is 0 Å². The van der Waals surface area contributed by atoms with Crippen LogP contribution < -0.4 is 4.90 Å². The molecule has 1 fully saturated rings. The second-order valence-electron chi connectivity index (χ2n) is 6.86. The standard InChI is InChI=1S/C14H21N3O2.2C4H4O4/c1-12(11-14(18)19-2)16-7-9-17(10-8-16)13-5-3-4-6-15-13;2*5-3(6)1-2-4(7)8/h3-6,12H,7-11H2,1-2H3;2*1-2H,(H,5,6)(H,7,8)/b;2*2-1+. The van der Waals surface area contributed by atoms with Gasteiger partial charge in [0.25, 0.3) is 0 Å². The molecule has 2 heterocycles. The number of methoxy groups -OCH3 is 1. The molecule has 13 nitrogen and oxygen atoms in total. The Morgan fingerprint density at radius 2 is 1.34 bits per heavy atom. The average Bonchev–Trinajstić information content (AvgIpc) is 2.82. The van der Waals surface area contributed by atoms with Crippen molar-refractivity contribution in [3.8, 4) is 0 Å². The van der Waals surface area contributed by atoms with Crippen LogP contribution >= 0.6 is 0 Å². The van der Waals surface area contributed by atoms with E-state index in [-0.39, 0.29) is 12.0 Å². The van der Waals surface area contributed by atoms with Crippen molar-refractivity contribution >= 4 is 35.7 Å². The summed E-state index contributed by atoms with van der Waals surface area (Å²) in [5.74, 6) is -4.14. The first-order chi connectivity index (χ1) is 16.5. The molecule has 1 atom stereocenters. The van der Waals surface area contributed by atoms with Crippen molar-refractivity contribution in [2.75, 3.05) is 38.2 Å². The predicted octanol–water partition coefficient (Wildman–Crippen LogP) is 0.579. The normalized spacial score (nSPS) is 14.2. The first kappa shape index (κ1) is 30.7. The number of carboxylic acids is 4. The molecule has 1 aromatic heterocycles. The fourth-order valence-electron chi connectivity index (χ4n) is 2.67. The molecule has 0 spiro atoms. The van der Waals surface area contributed by atoms with E-state index in [0.717, 1.165) is 32.0 Å². The first-order valence-electron chi connectivity index (χ1n) is 10.2. The van der Waals surface area contributed by atoms with Gasteiger partial charge in [-0.05, 0) is 19.1 Å². The summed E-state index contributed by atoms with van der Waals surface area (Å²) in [6.07, 6.45) is 4.51. The molecule has 0 saturated carbocycles. The molecule has 1 aliphatic heterocycles. The second-order valence-corrected chi connectivity index (χ2v) is 6.86. The third-order valence-corrected chi connectivity index (χ3v) is 4.34. The number of hydrogen-bond donors (Lipinski definition) is 4. The predicted molar refractivity (Wildman–Crippen MR) is 123 cm³/mol. The minimum absolute atomic E-state index is 0.139. The van der Waals surface area contributed by atoms with Crippen molar-refractivity contribution in [1.82, 2.24) is 9.88 Å². The molecule has 0 aliphatic carbocycles. The van der Waals surface area contributed by atoms with Gasteiger partial charge in [0.05, 0.1) is 13.5 Å². The number of piperazine rings is 1. The topological polar surface area (TPSA) is 195 Å². The second kappa shape index (κ2) is 17.2. The lowest BCUT2D eigenvalue weighted by Crippen LogP contribution is -2.50. The molecule has 2 rings (SSSR count). The van der Waals surface area contributed by atoms with Crippen molar-refractivity contribution in [2.24, 2.45) is 0 Å². The van der Waals surface area contributed by atoms with Crippen LogP contribution in [0.5, 0.6) is 0 Å². The highest BCUT2D eigenvalue weighted by molar-refractivity contribution is 5.90. The SMILES string of the molecule is COC(=O)CC(C)N1CCN(c2ccccn2)CC1.O=C(O)/C=C/C(=O)O.O=C(O)/C=C/C(=O)O. The highest BCUT2D eigenvalue weighted by atomic mass is 16.5. The molecule has 192 valence electrons. The van der Waals surface area contributed by atoms with Crippen molar-refractivity contribution in [3.05, 3.63) is 48.7 Å². The molecule has 35 heavy (non-hydrogen) atoms. The zero-order chi connectivity index (χ0) is 26.8. The van der Waals surface area contributed by atoms with Crippen molar-refractivity contribution < 1.29 is 49.1 Å². The quantitative estimate of drug-likeness (QED) is 0.289. The first-order valence-corrected chi connectivity index (χ1v) is 10.2. The third kappa shape index (κ3) is 16.1. The van der Waals surface area contributed by atoms with Crippen LogP contribution in [-0.4, -0.2) is 99.5 Å². The van der Waals surface area contributed by atoms with Gasteiger partial charge in [-0.2, -0.15) is 0 Å². The molecule has 1 aromatic rings. The summed E-state index contributed by atoms with van der Waals surface area (Å²) in [6.45, 7) is 5.88. The van der Waals surface area contributed by atoms with E-state index in [9.17, 15) is 24.0 Å². The number of anilines is 1. The molecule has 13 heteroatoms. The Labute approximate surface area is 201 Å². The number of esters is 1. The molecule has 1 saturated heterocycles. The monoisotopic (exact) mass is 495 g/mol. The van der Waals surface area contributed by atoms with Crippen LogP contribution in [-0.2, 0) is 28.7 Å².